The molecule has 6 nitrogen and oxygen atoms in total. The molecule has 0 radical (unpaired) electrons. The van der Waals surface area contributed by atoms with Gasteiger partial charge >= 0.3 is 5.97 Å². The summed E-state index contributed by atoms with van der Waals surface area (Å²) in [5.74, 6) is 0.0134. The van der Waals surface area contributed by atoms with Crippen LogP contribution in [0.3, 0.4) is 0 Å². The van der Waals surface area contributed by atoms with E-state index in [4.69, 9.17) is 9.15 Å². The zero-order valence-corrected chi connectivity index (χ0v) is 9.93. The topological polar surface area (TPSA) is 70.2 Å². The highest BCUT2D eigenvalue weighted by atomic mass is 16.5. The van der Waals surface area contributed by atoms with Crippen LogP contribution in [0.25, 0.3) is 11.6 Å². The highest BCUT2D eigenvalue weighted by molar-refractivity contribution is 5.87. The molecule has 6 heteroatoms. The number of aryl methyl sites for hydroxylation is 2. The van der Waals surface area contributed by atoms with Gasteiger partial charge in [0.25, 0.3) is 0 Å². The van der Waals surface area contributed by atoms with E-state index < -0.39 is 5.97 Å². The molecule has 2 heterocycles. The molecule has 0 N–H and O–H groups in total. The summed E-state index contributed by atoms with van der Waals surface area (Å²) >= 11 is 0. The number of esters is 1. The Morgan fingerprint density at radius 1 is 1.59 bits per heavy atom. The Morgan fingerprint density at radius 2 is 2.35 bits per heavy atom. The fourth-order valence-corrected chi connectivity index (χ4v) is 1.48. The van der Waals surface area contributed by atoms with Gasteiger partial charge < -0.3 is 9.15 Å². The van der Waals surface area contributed by atoms with Gasteiger partial charge in [0.2, 0.25) is 11.7 Å². The molecular weight excluding hydrogens is 222 g/mol. The normalized spacial score (nSPS) is 10.5. The SMILES string of the molecule is CCOC(=O)c1oc(-c2ccnn2C)nc1C. The summed E-state index contributed by atoms with van der Waals surface area (Å²) in [6.07, 6.45) is 1.64. The number of carbonyl (C=O) groups is 1. The second-order valence-electron chi connectivity index (χ2n) is 3.49. The molecule has 0 amide bonds. The van der Waals surface area contributed by atoms with Crippen LogP contribution >= 0.6 is 0 Å². The molecule has 0 aliphatic heterocycles. The Hall–Kier alpha value is -2.11. The first-order valence-corrected chi connectivity index (χ1v) is 5.26. The summed E-state index contributed by atoms with van der Waals surface area (Å²) in [5.41, 5.74) is 1.23. The highest BCUT2D eigenvalue weighted by Gasteiger charge is 2.20. The van der Waals surface area contributed by atoms with Gasteiger partial charge in [-0.2, -0.15) is 5.10 Å². The van der Waals surface area contributed by atoms with E-state index in [1.54, 1.807) is 37.8 Å². The second kappa shape index (κ2) is 4.40. The largest absolute Gasteiger partial charge is 0.460 e. The maximum Gasteiger partial charge on any atom is 0.376 e. The van der Waals surface area contributed by atoms with Gasteiger partial charge in [-0.3, -0.25) is 4.68 Å². The van der Waals surface area contributed by atoms with E-state index in [-0.39, 0.29) is 5.76 Å². The molecule has 0 aromatic carbocycles. The maximum atomic E-state index is 11.6. The van der Waals surface area contributed by atoms with Crippen molar-refractivity contribution in [3.05, 3.63) is 23.7 Å². The number of rotatable bonds is 3. The third kappa shape index (κ3) is 2.06. The van der Waals surface area contributed by atoms with Crippen molar-refractivity contribution >= 4 is 5.97 Å². The molecule has 0 aliphatic carbocycles. The first kappa shape index (κ1) is 11.4. The molecule has 90 valence electrons. The lowest BCUT2D eigenvalue weighted by Crippen LogP contribution is -2.04. The minimum absolute atomic E-state index is 0.142. The highest BCUT2D eigenvalue weighted by Crippen LogP contribution is 2.21. The van der Waals surface area contributed by atoms with Crippen molar-refractivity contribution in [2.45, 2.75) is 13.8 Å². The minimum atomic E-state index is -0.495. The molecule has 0 spiro atoms. The molecular formula is C11H13N3O3. The van der Waals surface area contributed by atoms with Gasteiger partial charge in [-0.25, -0.2) is 9.78 Å². The van der Waals surface area contributed by atoms with Gasteiger partial charge in [0.15, 0.2) is 0 Å². The molecule has 0 fully saturated rings. The summed E-state index contributed by atoms with van der Waals surface area (Å²) in [7, 11) is 1.78. The molecule has 17 heavy (non-hydrogen) atoms. The summed E-state index contributed by atoms with van der Waals surface area (Å²) < 4.78 is 11.9. The van der Waals surface area contributed by atoms with Crippen LogP contribution in [-0.2, 0) is 11.8 Å². The summed E-state index contributed by atoms with van der Waals surface area (Å²) in [6.45, 7) is 3.75. The summed E-state index contributed by atoms with van der Waals surface area (Å²) in [4.78, 5) is 15.7. The van der Waals surface area contributed by atoms with Crippen LogP contribution in [0.1, 0.15) is 23.2 Å². The number of hydrogen-bond donors (Lipinski definition) is 0. The van der Waals surface area contributed by atoms with Gasteiger partial charge in [-0.1, -0.05) is 0 Å². The van der Waals surface area contributed by atoms with Crippen LogP contribution in [0, 0.1) is 6.92 Å². The minimum Gasteiger partial charge on any atom is -0.460 e. The van der Waals surface area contributed by atoms with Crippen LogP contribution in [0.2, 0.25) is 0 Å². The van der Waals surface area contributed by atoms with E-state index in [2.05, 4.69) is 10.1 Å². The van der Waals surface area contributed by atoms with Crippen LogP contribution in [0.5, 0.6) is 0 Å². The smallest absolute Gasteiger partial charge is 0.376 e. The monoisotopic (exact) mass is 235 g/mol. The van der Waals surface area contributed by atoms with Crippen molar-refractivity contribution in [1.82, 2.24) is 14.8 Å². The third-order valence-electron chi connectivity index (χ3n) is 2.30. The number of oxazole rings is 1. The van der Waals surface area contributed by atoms with Gasteiger partial charge in [-0.15, -0.1) is 0 Å². The van der Waals surface area contributed by atoms with E-state index in [0.29, 0.717) is 23.9 Å². The Kier molecular flexibility index (Phi) is 2.95. The van der Waals surface area contributed by atoms with E-state index in [1.165, 1.54) is 0 Å². The van der Waals surface area contributed by atoms with Crippen molar-refractivity contribution in [1.29, 1.82) is 0 Å². The van der Waals surface area contributed by atoms with Gasteiger partial charge in [-0.05, 0) is 19.9 Å². The Bertz CT molecular complexity index is 542. The number of hydrogen-bond acceptors (Lipinski definition) is 5. The van der Waals surface area contributed by atoms with Crippen LogP contribution in [0.15, 0.2) is 16.7 Å². The zero-order valence-electron chi connectivity index (χ0n) is 9.93. The number of nitrogens with zero attached hydrogens (tertiary/aromatic N) is 3. The van der Waals surface area contributed by atoms with Crippen molar-refractivity contribution in [3.8, 4) is 11.6 Å². The molecule has 0 saturated heterocycles. The van der Waals surface area contributed by atoms with Crippen molar-refractivity contribution in [2.75, 3.05) is 6.61 Å². The number of ether oxygens (including phenoxy) is 1. The summed E-state index contributed by atoms with van der Waals surface area (Å²) in [5, 5.41) is 4.01. The lowest BCUT2D eigenvalue weighted by molar-refractivity contribution is 0.0490. The van der Waals surface area contributed by atoms with Crippen LogP contribution < -0.4 is 0 Å². The van der Waals surface area contributed by atoms with Gasteiger partial charge in [0.1, 0.15) is 5.69 Å². The van der Waals surface area contributed by atoms with E-state index >= 15 is 0 Å². The lowest BCUT2D eigenvalue weighted by atomic mass is 10.4. The van der Waals surface area contributed by atoms with Crippen LogP contribution in [0.4, 0.5) is 0 Å². The Morgan fingerprint density at radius 3 is 2.94 bits per heavy atom. The molecule has 0 bridgehead atoms. The van der Waals surface area contributed by atoms with Crippen molar-refractivity contribution in [2.24, 2.45) is 7.05 Å². The Labute approximate surface area is 98.2 Å². The molecule has 2 rings (SSSR count). The first-order chi connectivity index (χ1) is 8.13. The quantitative estimate of drug-likeness (QED) is 0.755. The Balaban J connectivity index is 2.37. The van der Waals surface area contributed by atoms with E-state index in [9.17, 15) is 4.79 Å². The maximum absolute atomic E-state index is 11.6. The average Bonchev–Trinajstić information content (AvgIpc) is 2.84. The van der Waals surface area contributed by atoms with Gasteiger partial charge in [0, 0.05) is 13.2 Å². The molecule has 0 saturated carbocycles. The fourth-order valence-electron chi connectivity index (χ4n) is 1.48. The third-order valence-corrected chi connectivity index (χ3v) is 2.30. The number of carbonyl (C=O) groups excluding carboxylic acids is 1. The van der Waals surface area contributed by atoms with Gasteiger partial charge in [0.05, 0.1) is 12.3 Å². The fraction of sp³-hybridized carbons (Fsp3) is 0.364. The average molecular weight is 235 g/mol. The van der Waals surface area contributed by atoms with Crippen LogP contribution in [-0.4, -0.2) is 27.3 Å². The summed E-state index contributed by atoms with van der Waals surface area (Å²) in [6, 6.07) is 1.76. The second-order valence-corrected chi connectivity index (χ2v) is 3.49. The lowest BCUT2D eigenvalue weighted by Gasteiger charge is -1.97. The first-order valence-electron chi connectivity index (χ1n) is 5.26. The van der Waals surface area contributed by atoms with Crippen molar-refractivity contribution in [3.63, 3.8) is 0 Å². The predicted octanol–water partition coefficient (Wildman–Crippen LogP) is 1.56. The standard InChI is InChI=1S/C11H13N3O3/c1-4-16-11(15)9-7(2)13-10(17-9)8-5-6-12-14(8)3/h5-6H,4H2,1-3H3. The van der Waals surface area contributed by atoms with E-state index in [0.717, 1.165) is 0 Å². The van der Waals surface area contributed by atoms with E-state index in [1.807, 2.05) is 0 Å². The molecule has 2 aromatic heterocycles. The molecule has 0 unspecified atom stereocenters. The molecule has 0 atom stereocenters. The predicted molar refractivity (Wildman–Crippen MR) is 59.4 cm³/mol. The number of aromatic nitrogens is 3. The molecule has 2 aromatic rings. The zero-order chi connectivity index (χ0) is 12.4. The molecule has 0 aliphatic rings. The van der Waals surface area contributed by atoms with Crippen molar-refractivity contribution < 1.29 is 13.9 Å².